The number of hydrogen-bond donors (Lipinski definition) is 0. The van der Waals surface area contributed by atoms with E-state index in [9.17, 15) is 5.26 Å². The first-order valence-electron chi connectivity index (χ1n) is 6.83. The Balaban J connectivity index is 2.32. The number of nitriles is 1. The Hall–Kier alpha value is -1.95. The molecule has 4 heteroatoms. The first-order chi connectivity index (χ1) is 10.5. The normalized spacial score (nSPS) is 11.4. The summed E-state index contributed by atoms with van der Waals surface area (Å²) in [5.41, 5.74) is 2.20. The second kappa shape index (κ2) is 7.35. The Bertz CT molecular complexity index is 728. The van der Waals surface area contributed by atoms with Gasteiger partial charge < -0.3 is 4.74 Å². The standard InChI is InChI=1S/C18H15Cl2NO/c1-12(2)22-18-8-3-13(10-17(18)20)9-15(11-21)14-4-6-16(19)7-5-14/h3-10,12H,1-2H3. The minimum Gasteiger partial charge on any atom is -0.489 e. The molecule has 22 heavy (non-hydrogen) atoms. The molecule has 0 atom stereocenters. The molecule has 2 nitrogen and oxygen atoms in total. The lowest BCUT2D eigenvalue weighted by atomic mass is 10.0. The third kappa shape index (κ3) is 4.27. The first kappa shape index (κ1) is 16.4. The molecule has 2 aromatic carbocycles. The summed E-state index contributed by atoms with van der Waals surface area (Å²) in [7, 11) is 0. The second-order valence-electron chi connectivity index (χ2n) is 5.03. The zero-order chi connectivity index (χ0) is 16.1. The van der Waals surface area contributed by atoms with Gasteiger partial charge in [0.25, 0.3) is 0 Å². The van der Waals surface area contributed by atoms with Crippen LogP contribution in [0.4, 0.5) is 0 Å². The zero-order valence-corrected chi connectivity index (χ0v) is 13.8. The number of ether oxygens (including phenoxy) is 1. The summed E-state index contributed by atoms with van der Waals surface area (Å²) in [6.07, 6.45) is 1.84. The Morgan fingerprint density at radius 2 is 1.82 bits per heavy atom. The van der Waals surface area contributed by atoms with Crippen LogP contribution >= 0.6 is 23.2 Å². The van der Waals surface area contributed by atoms with E-state index >= 15 is 0 Å². The predicted molar refractivity (Wildman–Crippen MR) is 92.2 cm³/mol. The number of rotatable bonds is 4. The molecule has 0 bridgehead atoms. The highest BCUT2D eigenvalue weighted by atomic mass is 35.5. The smallest absolute Gasteiger partial charge is 0.138 e. The summed E-state index contributed by atoms with van der Waals surface area (Å²) >= 11 is 12.1. The van der Waals surface area contributed by atoms with Gasteiger partial charge in [-0.15, -0.1) is 0 Å². The molecule has 0 aliphatic rings. The fourth-order valence-corrected chi connectivity index (χ4v) is 2.29. The van der Waals surface area contributed by atoms with Crippen LogP contribution in [0.5, 0.6) is 5.75 Å². The number of hydrogen-bond acceptors (Lipinski definition) is 2. The lowest BCUT2D eigenvalue weighted by Crippen LogP contribution is -2.05. The van der Waals surface area contributed by atoms with Gasteiger partial charge in [0.15, 0.2) is 0 Å². The van der Waals surface area contributed by atoms with Crippen molar-refractivity contribution in [1.82, 2.24) is 0 Å². The summed E-state index contributed by atoms with van der Waals surface area (Å²) in [6.45, 7) is 3.89. The van der Waals surface area contributed by atoms with Crippen LogP contribution in [0.2, 0.25) is 10.0 Å². The van der Waals surface area contributed by atoms with Crippen molar-refractivity contribution in [2.45, 2.75) is 20.0 Å². The highest BCUT2D eigenvalue weighted by molar-refractivity contribution is 6.32. The average molecular weight is 332 g/mol. The fourth-order valence-electron chi connectivity index (χ4n) is 1.93. The predicted octanol–water partition coefficient (Wildman–Crippen LogP) is 5.84. The van der Waals surface area contributed by atoms with Crippen LogP contribution < -0.4 is 4.74 Å². The number of nitrogens with zero attached hydrogens (tertiary/aromatic N) is 1. The molecule has 112 valence electrons. The topological polar surface area (TPSA) is 33.0 Å². The maximum absolute atomic E-state index is 9.34. The molecule has 0 spiro atoms. The molecule has 0 fully saturated rings. The molecule has 2 rings (SSSR count). The molecule has 0 N–H and O–H groups in total. The van der Waals surface area contributed by atoms with E-state index in [-0.39, 0.29) is 6.10 Å². The zero-order valence-electron chi connectivity index (χ0n) is 12.3. The van der Waals surface area contributed by atoms with E-state index < -0.39 is 0 Å². The van der Waals surface area contributed by atoms with Gasteiger partial charge in [0.2, 0.25) is 0 Å². The van der Waals surface area contributed by atoms with Gasteiger partial charge in [-0.05, 0) is 55.3 Å². The molecule has 0 aromatic heterocycles. The van der Waals surface area contributed by atoms with Crippen LogP contribution in [0.25, 0.3) is 11.6 Å². The molecule has 0 radical (unpaired) electrons. The highest BCUT2D eigenvalue weighted by Gasteiger charge is 2.06. The van der Waals surface area contributed by atoms with Crippen LogP contribution in [-0.4, -0.2) is 6.10 Å². The highest BCUT2D eigenvalue weighted by Crippen LogP contribution is 2.28. The van der Waals surface area contributed by atoms with Gasteiger partial charge in [0, 0.05) is 5.02 Å². The third-order valence-electron chi connectivity index (χ3n) is 2.91. The minimum atomic E-state index is 0.0580. The van der Waals surface area contributed by atoms with E-state index in [4.69, 9.17) is 27.9 Å². The number of benzene rings is 2. The van der Waals surface area contributed by atoms with Crippen LogP contribution in [0, 0.1) is 11.3 Å². The van der Waals surface area contributed by atoms with Crippen molar-refractivity contribution < 1.29 is 4.74 Å². The monoisotopic (exact) mass is 331 g/mol. The van der Waals surface area contributed by atoms with Gasteiger partial charge >= 0.3 is 0 Å². The van der Waals surface area contributed by atoms with Crippen molar-refractivity contribution in [2.75, 3.05) is 0 Å². The minimum absolute atomic E-state index is 0.0580. The first-order valence-corrected chi connectivity index (χ1v) is 7.59. The molecule has 0 amide bonds. The number of halogens is 2. The van der Waals surface area contributed by atoms with E-state index in [2.05, 4.69) is 6.07 Å². The molecule has 2 aromatic rings. The Kier molecular flexibility index (Phi) is 5.49. The van der Waals surface area contributed by atoms with E-state index in [1.807, 2.05) is 38.1 Å². The van der Waals surface area contributed by atoms with E-state index in [0.29, 0.717) is 21.4 Å². The van der Waals surface area contributed by atoms with E-state index in [0.717, 1.165) is 11.1 Å². The molecule has 0 heterocycles. The fraction of sp³-hybridized carbons (Fsp3) is 0.167. The van der Waals surface area contributed by atoms with Gasteiger partial charge in [-0.1, -0.05) is 41.4 Å². The second-order valence-corrected chi connectivity index (χ2v) is 5.88. The Labute approximate surface area is 140 Å². The van der Waals surface area contributed by atoms with Crippen LogP contribution in [0.1, 0.15) is 25.0 Å². The van der Waals surface area contributed by atoms with Crippen LogP contribution in [-0.2, 0) is 0 Å². The Morgan fingerprint density at radius 1 is 1.14 bits per heavy atom. The molecular formula is C18H15Cl2NO. The van der Waals surface area contributed by atoms with Crippen molar-refractivity contribution >= 4 is 34.9 Å². The van der Waals surface area contributed by atoms with Gasteiger partial charge in [-0.3, -0.25) is 0 Å². The molecule has 0 unspecified atom stereocenters. The maximum Gasteiger partial charge on any atom is 0.138 e. The van der Waals surface area contributed by atoms with Crippen molar-refractivity contribution in [3.05, 3.63) is 63.6 Å². The molecule has 0 aliphatic carbocycles. The van der Waals surface area contributed by atoms with Gasteiger partial charge in [0.05, 0.1) is 22.8 Å². The third-order valence-corrected chi connectivity index (χ3v) is 3.45. The summed E-state index contributed by atoms with van der Waals surface area (Å²) in [6, 6.07) is 14.8. The largest absolute Gasteiger partial charge is 0.489 e. The summed E-state index contributed by atoms with van der Waals surface area (Å²) in [5.74, 6) is 0.638. The summed E-state index contributed by atoms with van der Waals surface area (Å²) in [5, 5.41) is 10.5. The van der Waals surface area contributed by atoms with Gasteiger partial charge in [0.1, 0.15) is 5.75 Å². The van der Waals surface area contributed by atoms with E-state index in [1.165, 1.54) is 0 Å². The molecule has 0 saturated heterocycles. The van der Waals surface area contributed by atoms with E-state index in [1.54, 1.807) is 24.3 Å². The molecule has 0 aliphatic heterocycles. The average Bonchev–Trinajstić information content (AvgIpc) is 2.48. The summed E-state index contributed by atoms with van der Waals surface area (Å²) < 4.78 is 5.60. The van der Waals surface area contributed by atoms with Crippen LogP contribution in [0.15, 0.2) is 42.5 Å². The lowest BCUT2D eigenvalue weighted by Gasteiger charge is -2.11. The van der Waals surface area contributed by atoms with Crippen molar-refractivity contribution in [3.63, 3.8) is 0 Å². The van der Waals surface area contributed by atoms with Crippen molar-refractivity contribution in [1.29, 1.82) is 5.26 Å². The Morgan fingerprint density at radius 3 is 2.36 bits per heavy atom. The quantitative estimate of drug-likeness (QED) is 0.520. The van der Waals surface area contributed by atoms with Crippen LogP contribution in [0.3, 0.4) is 0 Å². The number of allylic oxidation sites excluding steroid dienone is 1. The van der Waals surface area contributed by atoms with Gasteiger partial charge in [-0.25, -0.2) is 0 Å². The molecule has 0 saturated carbocycles. The van der Waals surface area contributed by atoms with Gasteiger partial charge in [-0.2, -0.15) is 5.26 Å². The molecular weight excluding hydrogens is 317 g/mol. The van der Waals surface area contributed by atoms with Crippen molar-refractivity contribution in [3.8, 4) is 11.8 Å². The summed E-state index contributed by atoms with van der Waals surface area (Å²) in [4.78, 5) is 0. The lowest BCUT2D eigenvalue weighted by molar-refractivity contribution is 0.242. The maximum atomic E-state index is 9.34. The SMILES string of the molecule is CC(C)Oc1ccc(C=C(C#N)c2ccc(Cl)cc2)cc1Cl. The van der Waals surface area contributed by atoms with Crippen molar-refractivity contribution in [2.24, 2.45) is 0 Å².